The first-order valence-corrected chi connectivity index (χ1v) is 14.1. The van der Waals surface area contributed by atoms with Crippen molar-refractivity contribution in [1.82, 2.24) is 9.97 Å². The molecule has 0 unspecified atom stereocenters. The molecule has 0 saturated heterocycles. The molecule has 2 aromatic carbocycles. The smallest absolute Gasteiger partial charge is 0.225 e. The minimum atomic E-state index is 0.0221. The minimum absolute atomic E-state index is 0.0221. The normalized spacial score (nSPS) is 27.0. The number of benzene rings is 2. The molecule has 0 radical (unpaired) electrons. The molecule has 3 N–H and O–H groups in total. The maximum absolute atomic E-state index is 13.1. The first kappa shape index (κ1) is 22.9. The molecule has 1 aromatic heterocycles. The predicted molar refractivity (Wildman–Crippen MR) is 147 cm³/mol. The lowest BCUT2D eigenvalue weighted by Crippen LogP contribution is -2.47. The van der Waals surface area contributed by atoms with Gasteiger partial charge in [-0.3, -0.25) is 4.79 Å². The van der Waals surface area contributed by atoms with Crippen LogP contribution in [0.15, 0.2) is 48.5 Å². The minimum Gasteiger partial charge on any atom is -0.399 e. The Morgan fingerprint density at radius 2 is 1.68 bits per heavy atom. The van der Waals surface area contributed by atoms with Crippen LogP contribution >= 0.6 is 0 Å². The Morgan fingerprint density at radius 3 is 2.41 bits per heavy atom. The third-order valence-electron chi connectivity index (χ3n) is 9.50. The van der Waals surface area contributed by atoms with Gasteiger partial charge in [0.15, 0.2) is 5.82 Å². The molecule has 190 valence electrons. The number of nitrogens with zero attached hydrogens (tertiary/aromatic N) is 2. The molecular weight excluding hydrogens is 456 g/mol. The SMILES string of the molecule is Nc1ccc2c(c1)CCc1nc(NC(=O)CCc3ccccc3)c(CC34CC5CC(CC(C5)C3)C4)nc1-2. The van der Waals surface area contributed by atoms with Crippen molar-refractivity contribution in [2.45, 2.75) is 70.6 Å². The zero-order valence-corrected chi connectivity index (χ0v) is 21.5. The van der Waals surface area contributed by atoms with E-state index in [0.717, 1.165) is 71.8 Å². The van der Waals surface area contributed by atoms with E-state index in [1.807, 2.05) is 24.3 Å². The van der Waals surface area contributed by atoms with Crippen LogP contribution in [0.4, 0.5) is 11.5 Å². The molecule has 5 nitrogen and oxygen atoms in total. The number of fused-ring (bicyclic) bond motifs is 3. The number of nitrogens with one attached hydrogen (secondary N) is 1. The molecule has 3 aromatic rings. The molecule has 1 heterocycles. The Hall–Kier alpha value is -3.21. The number of carbonyl (C=O) groups is 1. The van der Waals surface area contributed by atoms with Crippen LogP contribution < -0.4 is 11.1 Å². The first-order valence-electron chi connectivity index (χ1n) is 14.1. The third-order valence-corrected chi connectivity index (χ3v) is 9.50. The van der Waals surface area contributed by atoms with Crippen molar-refractivity contribution in [3.63, 3.8) is 0 Å². The van der Waals surface area contributed by atoms with Gasteiger partial charge in [-0.1, -0.05) is 36.4 Å². The van der Waals surface area contributed by atoms with E-state index in [-0.39, 0.29) is 5.91 Å². The van der Waals surface area contributed by atoms with E-state index < -0.39 is 0 Å². The molecule has 5 heteroatoms. The molecule has 5 aliphatic rings. The molecule has 8 rings (SSSR count). The van der Waals surface area contributed by atoms with E-state index >= 15 is 0 Å². The third kappa shape index (κ3) is 4.43. The second kappa shape index (κ2) is 8.97. The molecule has 0 atom stereocenters. The van der Waals surface area contributed by atoms with Crippen molar-refractivity contribution in [3.05, 3.63) is 71.0 Å². The summed E-state index contributed by atoms with van der Waals surface area (Å²) in [7, 11) is 0. The van der Waals surface area contributed by atoms with Crippen LogP contribution in [-0.4, -0.2) is 15.9 Å². The van der Waals surface area contributed by atoms with Gasteiger partial charge in [0.2, 0.25) is 5.91 Å². The van der Waals surface area contributed by atoms with Crippen molar-refractivity contribution in [3.8, 4) is 11.3 Å². The molecule has 1 amide bonds. The summed E-state index contributed by atoms with van der Waals surface area (Å²) < 4.78 is 0. The van der Waals surface area contributed by atoms with Gasteiger partial charge in [0, 0.05) is 17.7 Å². The Morgan fingerprint density at radius 1 is 0.946 bits per heavy atom. The zero-order valence-electron chi connectivity index (χ0n) is 21.5. The summed E-state index contributed by atoms with van der Waals surface area (Å²) in [6.45, 7) is 0. The van der Waals surface area contributed by atoms with Crippen molar-refractivity contribution in [2.75, 3.05) is 11.1 Å². The molecule has 0 spiro atoms. The summed E-state index contributed by atoms with van der Waals surface area (Å²) in [6, 6.07) is 16.4. The number of hydrogen-bond donors (Lipinski definition) is 2. The molecule has 37 heavy (non-hydrogen) atoms. The summed E-state index contributed by atoms with van der Waals surface area (Å²) in [5.41, 5.74) is 13.8. The molecule has 4 bridgehead atoms. The Bertz CT molecular complexity index is 1310. The molecule has 4 fully saturated rings. The van der Waals surface area contributed by atoms with Crippen molar-refractivity contribution in [1.29, 1.82) is 0 Å². The van der Waals surface area contributed by atoms with E-state index in [1.54, 1.807) is 0 Å². The maximum atomic E-state index is 13.1. The van der Waals surface area contributed by atoms with E-state index in [1.165, 1.54) is 49.7 Å². The Kier molecular flexibility index (Phi) is 5.56. The van der Waals surface area contributed by atoms with Crippen molar-refractivity contribution in [2.24, 2.45) is 23.2 Å². The van der Waals surface area contributed by atoms with E-state index in [0.29, 0.717) is 17.7 Å². The number of hydrogen-bond acceptors (Lipinski definition) is 4. The summed E-state index contributed by atoms with van der Waals surface area (Å²) >= 11 is 0. The standard InChI is InChI=1S/C32H36N4O/c33-25-8-9-26-24(15-25)7-10-27-30(26)34-28(19-32-16-21-12-22(17-32)14-23(13-21)18-32)31(35-27)36-29(37)11-6-20-4-2-1-3-5-20/h1-5,8-9,15,21-23H,6-7,10-14,16-19,33H2,(H,35,36,37). The average Bonchev–Trinajstić information content (AvgIpc) is 2.87. The quantitative estimate of drug-likeness (QED) is 0.404. The molecular formula is C32H36N4O. The van der Waals surface area contributed by atoms with Gasteiger partial charge in [-0.25, -0.2) is 9.97 Å². The van der Waals surface area contributed by atoms with Crippen molar-refractivity contribution < 1.29 is 4.79 Å². The second-order valence-corrected chi connectivity index (χ2v) is 12.4. The number of nitrogens with two attached hydrogens (primary N) is 1. The van der Waals surface area contributed by atoms with Crippen LogP contribution in [0.3, 0.4) is 0 Å². The highest BCUT2D eigenvalue weighted by molar-refractivity contribution is 5.90. The molecule has 4 saturated carbocycles. The van der Waals surface area contributed by atoms with Crippen molar-refractivity contribution >= 4 is 17.4 Å². The van der Waals surface area contributed by atoms with Gasteiger partial charge in [-0.2, -0.15) is 0 Å². The lowest BCUT2D eigenvalue weighted by atomic mass is 9.48. The molecule has 0 aliphatic heterocycles. The number of nitrogen functional groups attached to an aromatic ring is 1. The fourth-order valence-corrected chi connectivity index (χ4v) is 8.38. The fourth-order valence-electron chi connectivity index (χ4n) is 8.38. The van der Waals surface area contributed by atoms with E-state index in [9.17, 15) is 4.79 Å². The fraction of sp³-hybridized carbons (Fsp3) is 0.469. The number of amides is 1. The van der Waals surface area contributed by atoms with Crippen LogP contribution in [-0.2, 0) is 30.5 Å². The number of carbonyl (C=O) groups excluding carboxylic acids is 1. The lowest BCUT2D eigenvalue weighted by molar-refractivity contribution is -0.116. The van der Waals surface area contributed by atoms with Gasteiger partial charge in [-0.15, -0.1) is 0 Å². The van der Waals surface area contributed by atoms with Gasteiger partial charge < -0.3 is 11.1 Å². The predicted octanol–water partition coefficient (Wildman–Crippen LogP) is 6.15. The number of aromatic nitrogens is 2. The summed E-state index contributed by atoms with van der Waals surface area (Å²) in [5.74, 6) is 3.36. The highest BCUT2D eigenvalue weighted by Gasteiger charge is 2.51. The number of rotatable bonds is 6. The number of aryl methyl sites for hydroxylation is 3. The van der Waals surface area contributed by atoms with Crippen LogP contribution in [0.5, 0.6) is 0 Å². The highest BCUT2D eigenvalue weighted by atomic mass is 16.1. The topological polar surface area (TPSA) is 80.9 Å². The van der Waals surface area contributed by atoms with Gasteiger partial charge in [0.25, 0.3) is 0 Å². The largest absolute Gasteiger partial charge is 0.399 e. The van der Waals surface area contributed by atoms with Crippen LogP contribution in [0, 0.1) is 23.2 Å². The summed E-state index contributed by atoms with van der Waals surface area (Å²) in [5, 5.41) is 3.21. The Balaban J connectivity index is 1.21. The van der Waals surface area contributed by atoms with Gasteiger partial charge in [0.1, 0.15) is 0 Å². The van der Waals surface area contributed by atoms with E-state index in [4.69, 9.17) is 15.7 Å². The summed E-state index contributed by atoms with van der Waals surface area (Å²) in [4.78, 5) is 23.5. The highest BCUT2D eigenvalue weighted by Crippen LogP contribution is 2.61. The van der Waals surface area contributed by atoms with Gasteiger partial charge in [-0.05, 0) is 111 Å². The Labute approximate surface area is 219 Å². The zero-order chi connectivity index (χ0) is 25.0. The van der Waals surface area contributed by atoms with E-state index in [2.05, 4.69) is 29.6 Å². The van der Waals surface area contributed by atoms with Crippen LogP contribution in [0.1, 0.15) is 67.5 Å². The van der Waals surface area contributed by atoms with Crippen LogP contribution in [0.2, 0.25) is 0 Å². The van der Waals surface area contributed by atoms with Crippen LogP contribution in [0.25, 0.3) is 11.3 Å². The number of anilines is 2. The maximum Gasteiger partial charge on any atom is 0.225 e. The van der Waals surface area contributed by atoms with Gasteiger partial charge >= 0.3 is 0 Å². The summed E-state index contributed by atoms with van der Waals surface area (Å²) in [6.07, 6.45) is 12.0. The second-order valence-electron chi connectivity index (χ2n) is 12.4. The lowest BCUT2D eigenvalue weighted by Gasteiger charge is -2.57. The average molecular weight is 493 g/mol. The van der Waals surface area contributed by atoms with Gasteiger partial charge in [0.05, 0.1) is 17.1 Å². The molecule has 5 aliphatic carbocycles. The first-order chi connectivity index (χ1) is 18.0. The monoisotopic (exact) mass is 492 g/mol.